The molecular formula is C19H28Cl2N6O. The van der Waals surface area contributed by atoms with Crippen LogP contribution in [0.15, 0.2) is 23.1 Å². The maximum Gasteiger partial charge on any atom is 0.257 e. The van der Waals surface area contributed by atoms with Crippen LogP contribution in [-0.2, 0) is 13.0 Å². The Morgan fingerprint density at radius 1 is 1.14 bits per heavy atom. The van der Waals surface area contributed by atoms with Crippen LogP contribution in [0, 0.1) is 6.92 Å². The minimum absolute atomic E-state index is 0. The molecule has 0 aliphatic carbocycles. The minimum atomic E-state index is 0. The van der Waals surface area contributed by atoms with Crippen molar-refractivity contribution in [2.75, 3.05) is 49.6 Å². The first-order chi connectivity index (χ1) is 12.6. The molecule has 7 nitrogen and oxygen atoms in total. The third-order valence-electron chi connectivity index (χ3n) is 5.43. The number of aromatic amines is 1. The molecule has 1 N–H and O–H groups in total. The maximum atomic E-state index is 12.4. The SMILES string of the molecule is Cc1cccnc1CN1CCN(c2nc3c(c(=O)[nH]2)CCCN3C)CC1.Cl.Cl. The van der Waals surface area contributed by atoms with E-state index in [-0.39, 0.29) is 30.4 Å². The molecular weight excluding hydrogens is 399 g/mol. The van der Waals surface area contributed by atoms with E-state index in [4.69, 9.17) is 4.98 Å². The molecule has 2 aromatic rings. The van der Waals surface area contributed by atoms with Crippen LogP contribution in [0.5, 0.6) is 0 Å². The number of pyridine rings is 1. The van der Waals surface area contributed by atoms with E-state index in [1.165, 1.54) is 5.56 Å². The van der Waals surface area contributed by atoms with Crippen molar-refractivity contribution in [3.63, 3.8) is 0 Å². The summed E-state index contributed by atoms with van der Waals surface area (Å²) in [5, 5.41) is 0. The lowest BCUT2D eigenvalue weighted by molar-refractivity contribution is 0.245. The van der Waals surface area contributed by atoms with Gasteiger partial charge in [-0.05, 0) is 31.4 Å². The fraction of sp³-hybridized carbons (Fsp3) is 0.526. The van der Waals surface area contributed by atoms with Gasteiger partial charge in [-0.2, -0.15) is 4.98 Å². The molecule has 4 heterocycles. The van der Waals surface area contributed by atoms with Crippen LogP contribution in [0.4, 0.5) is 11.8 Å². The van der Waals surface area contributed by atoms with E-state index < -0.39 is 0 Å². The third-order valence-corrected chi connectivity index (χ3v) is 5.43. The van der Waals surface area contributed by atoms with Crippen LogP contribution in [0.3, 0.4) is 0 Å². The van der Waals surface area contributed by atoms with E-state index in [0.717, 1.165) is 69.2 Å². The highest BCUT2D eigenvalue weighted by Gasteiger charge is 2.24. The summed E-state index contributed by atoms with van der Waals surface area (Å²) in [5.74, 6) is 1.55. The molecule has 1 fully saturated rings. The number of anilines is 2. The molecule has 154 valence electrons. The number of nitrogens with one attached hydrogen (secondary N) is 1. The van der Waals surface area contributed by atoms with E-state index in [9.17, 15) is 4.79 Å². The molecule has 0 unspecified atom stereocenters. The molecule has 0 radical (unpaired) electrons. The second-order valence-corrected chi connectivity index (χ2v) is 7.25. The second-order valence-electron chi connectivity index (χ2n) is 7.25. The van der Waals surface area contributed by atoms with Gasteiger partial charge in [0.2, 0.25) is 5.95 Å². The van der Waals surface area contributed by atoms with E-state index in [1.807, 2.05) is 19.3 Å². The summed E-state index contributed by atoms with van der Waals surface area (Å²) in [6.45, 7) is 7.53. The second kappa shape index (κ2) is 9.58. The van der Waals surface area contributed by atoms with Gasteiger partial charge in [0.05, 0.1) is 11.3 Å². The summed E-state index contributed by atoms with van der Waals surface area (Å²) in [6.07, 6.45) is 3.69. The predicted molar refractivity (Wildman–Crippen MR) is 117 cm³/mol. The van der Waals surface area contributed by atoms with Crippen molar-refractivity contribution in [1.29, 1.82) is 0 Å². The Balaban J connectivity index is 0.00000140. The summed E-state index contributed by atoms with van der Waals surface area (Å²) in [4.78, 5) is 31.4. The van der Waals surface area contributed by atoms with Gasteiger partial charge in [-0.1, -0.05) is 6.07 Å². The standard InChI is InChI=1S/C19H26N6O.2ClH/c1-14-5-3-7-20-16(14)13-24-9-11-25(12-10-24)19-21-17-15(18(26)22-19)6-4-8-23(17)2;;/h3,5,7H,4,6,8-13H2,1-2H3,(H,21,22,26);2*1H. The highest BCUT2D eigenvalue weighted by molar-refractivity contribution is 5.85. The van der Waals surface area contributed by atoms with Crippen molar-refractivity contribution in [1.82, 2.24) is 19.9 Å². The molecule has 1 saturated heterocycles. The normalized spacial score (nSPS) is 16.8. The zero-order chi connectivity index (χ0) is 18.1. The Morgan fingerprint density at radius 3 is 2.61 bits per heavy atom. The number of aryl methyl sites for hydroxylation is 1. The van der Waals surface area contributed by atoms with E-state index in [1.54, 1.807) is 0 Å². The van der Waals surface area contributed by atoms with Gasteiger partial charge in [-0.3, -0.25) is 19.7 Å². The zero-order valence-electron chi connectivity index (χ0n) is 16.3. The lowest BCUT2D eigenvalue weighted by Gasteiger charge is -2.35. The van der Waals surface area contributed by atoms with Gasteiger partial charge in [0.1, 0.15) is 5.82 Å². The summed E-state index contributed by atoms with van der Waals surface area (Å²) < 4.78 is 0. The number of H-pyrrole nitrogens is 1. The Morgan fingerprint density at radius 2 is 1.89 bits per heavy atom. The summed E-state index contributed by atoms with van der Waals surface area (Å²) in [7, 11) is 2.02. The first-order valence-corrected chi connectivity index (χ1v) is 9.34. The summed E-state index contributed by atoms with van der Waals surface area (Å²) in [5.41, 5.74) is 3.22. The van der Waals surface area contributed by atoms with Gasteiger partial charge in [0.15, 0.2) is 0 Å². The van der Waals surface area contributed by atoms with Crippen LogP contribution in [-0.4, -0.2) is 59.6 Å². The molecule has 2 aliphatic rings. The van der Waals surface area contributed by atoms with Gasteiger partial charge in [-0.25, -0.2) is 0 Å². The van der Waals surface area contributed by atoms with Gasteiger partial charge in [0, 0.05) is 52.5 Å². The molecule has 0 amide bonds. The number of hydrogen-bond donors (Lipinski definition) is 1. The van der Waals surface area contributed by atoms with Crippen molar-refractivity contribution in [3.8, 4) is 0 Å². The Hall–Kier alpha value is -1.83. The largest absolute Gasteiger partial charge is 0.359 e. The summed E-state index contributed by atoms with van der Waals surface area (Å²) >= 11 is 0. The van der Waals surface area contributed by atoms with Gasteiger partial charge in [0.25, 0.3) is 5.56 Å². The fourth-order valence-electron chi connectivity index (χ4n) is 3.78. The number of nitrogens with zero attached hydrogens (tertiary/aromatic N) is 5. The van der Waals surface area contributed by atoms with Crippen LogP contribution < -0.4 is 15.4 Å². The molecule has 0 aromatic carbocycles. The van der Waals surface area contributed by atoms with Crippen molar-refractivity contribution in [2.24, 2.45) is 0 Å². The van der Waals surface area contributed by atoms with Crippen LogP contribution in [0.1, 0.15) is 23.2 Å². The van der Waals surface area contributed by atoms with E-state index >= 15 is 0 Å². The molecule has 0 saturated carbocycles. The molecule has 9 heteroatoms. The first kappa shape index (κ1) is 22.5. The average Bonchev–Trinajstić information content (AvgIpc) is 2.65. The molecule has 2 aromatic heterocycles. The number of rotatable bonds is 3. The van der Waals surface area contributed by atoms with Crippen molar-refractivity contribution >= 4 is 36.6 Å². The lowest BCUT2D eigenvalue weighted by atomic mass is 10.1. The molecule has 0 spiro atoms. The van der Waals surface area contributed by atoms with E-state index in [0.29, 0.717) is 5.95 Å². The van der Waals surface area contributed by atoms with Crippen molar-refractivity contribution in [3.05, 3.63) is 45.5 Å². The minimum Gasteiger partial charge on any atom is -0.359 e. The zero-order valence-corrected chi connectivity index (χ0v) is 18.0. The Labute approximate surface area is 178 Å². The van der Waals surface area contributed by atoms with Gasteiger partial charge >= 0.3 is 0 Å². The molecule has 0 atom stereocenters. The number of hydrogen-bond acceptors (Lipinski definition) is 6. The highest BCUT2D eigenvalue weighted by atomic mass is 35.5. The van der Waals surface area contributed by atoms with E-state index in [2.05, 4.69) is 37.7 Å². The fourth-order valence-corrected chi connectivity index (χ4v) is 3.78. The number of piperazine rings is 1. The van der Waals surface area contributed by atoms with Crippen LogP contribution in [0.25, 0.3) is 0 Å². The van der Waals surface area contributed by atoms with Crippen molar-refractivity contribution in [2.45, 2.75) is 26.3 Å². The molecule has 28 heavy (non-hydrogen) atoms. The Kier molecular flexibility index (Phi) is 7.69. The van der Waals surface area contributed by atoms with Gasteiger partial charge in [-0.15, -0.1) is 24.8 Å². The third kappa shape index (κ3) is 4.59. The average molecular weight is 427 g/mol. The highest BCUT2D eigenvalue weighted by Crippen LogP contribution is 2.23. The van der Waals surface area contributed by atoms with Gasteiger partial charge < -0.3 is 9.80 Å². The first-order valence-electron chi connectivity index (χ1n) is 9.34. The Bertz CT molecular complexity index is 851. The molecule has 4 rings (SSSR count). The predicted octanol–water partition coefficient (Wildman–Crippen LogP) is 2.02. The smallest absolute Gasteiger partial charge is 0.257 e. The maximum absolute atomic E-state index is 12.4. The van der Waals surface area contributed by atoms with Crippen LogP contribution in [0.2, 0.25) is 0 Å². The molecule has 2 aliphatic heterocycles. The number of halogens is 2. The number of aromatic nitrogens is 3. The number of fused-ring (bicyclic) bond motifs is 1. The quantitative estimate of drug-likeness (QED) is 0.809. The van der Waals surface area contributed by atoms with Crippen molar-refractivity contribution < 1.29 is 0 Å². The van der Waals surface area contributed by atoms with Crippen LogP contribution >= 0.6 is 24.8 Å². The summed E-state index contributed by atoms with van der Waals surface area (Å²) in [6, 6.07) is 4.09. The monoisotopic (exact) mass is 426 g/mol. The molecule has 0 bridgehead atoms. The lowest BCUT2D eigenvalue weighted by Crippen LogP contribution is -2.47. The topological polar surface area (TPSA) is 68.4 Å².